The van der Waals surface area contributed by atoms with Crippen molar-refractivity contribution in [2.45, 2.75) is 25.5 Å². The molecule has 1 aromatic heterocycles. The smallest absolute Gasteiger partial charge is 0.143 e. The first-order valence-electron chi connectivity index (χ1n) is 5.77. The number of aryl methyl sites for hydroxylation is 1. The van der Waals surface area contributed by atoms with E-state index in [0.29, 0.717) is 5.02 Å². The molecule has 94 valence electrons. The first kappa shape index (κ1) is 12.0. The molecule has 0 saturated heterocycles. The number of aromatic nitrogens is 1. The van der Waals surface area contributed by atoms with Gasteiger partial charge in [-0.3, -0.25) is 0 Å². The topological polar surface area (TPSA) is 48.1 Å². The van der Waals surface area contributed by atoms with Gasteiger partial charge in [0.05, 0.1) is 10.7 Å². The van der Waals surface area contributed by atoms with Gasteiger partial charge in [-0.1, -0.05) is 11.6 Å². The van der Waals surface area contributed by atoms with Crippen molar-refractivity contribution >= 4 is 22.9 Å². The van der Waals surface area contributed by atoms with Crippen molar-refractivity contribution < 1.29 is 4.74 Å². The second-order valence-corrected chi connectivity index (χ2v) is 5.92. The van der Waals surface area contributed by atoms with Crippen molar-refractivity contribution in [3.63, 3.8) is 0 Å². The maximum atomic E-state index is 6.19. The van der Waals surface area contributed by atoms with E-state index in [-0.39, 0.29) is 12.1 Å². The van der Waals surface area contributed by atoms with Crippen LogP contribution in [0.3, 0.4) is 0 Å². The van der Waals surface area contributed by atoms with Crippen LogP contribution in [0, 0.1) is 6.92 Å². The molecule has 2 atom stereocenters. The molecule has 0 bridgehead atoms. The Morgan fingerprint density at radius 3 is 3.06 bits per heavy atom. The molecule has 5 heteroatoms. The fraction of sp³-hybridized carbons (Fsp3) is 0.308. The standard InChI is InChI=1S/C13H13ClN2OS/c1-7-16-11(6-18-7)13-5-10(15)9-4-8(14)2-3-12(9)17-13/h2-4,6,10,13H,5,15H2,1H3/t10-,13?/m0/s1. The van der Waals surface area contributed by atoms with E-state index >= 15 is 0 Å². The van der Waals surface area contributed by atoms with Crippen LogP contribution in [0.4, 0.5) is 0 Å². The maximum absolute atomic E-state index is 6.19. The van der Waals surface area contributed by atoms with Crippen LogP contribution in [0.15, 0.2) is 23.6 Å². The molecular weight excluding hydrogens is 268 g/mol. The first-order valence-corrected chi connectivity index (χ1v) is 7.03. The highest BCUT2D eigenvalue weighted by atomic mass is 35.5. The van der Waals surface area contributed by atoms with Gasteiger partial charge >= 0.3 is 0 Å². The maximum Gasteiger partial charge on any atom is 0.143 e. The van der Waals surface area contributed by atoms with Crippen LogP contribution in [0.25, 0.3) is 0 Å². The molecule has 18 heavy (non-hydrogen) atoms. The zero-order chi connectivity index (χ0) is 12.7. The molecule has 0 saturated carbocycles. The highest BCUT2D eigenvalue weighted by molar-refractivity contribution is 7.09. The van der Waals surface area contributed by atoms with Gasteiger partial charge < -0.3 is 10.5 Å². The molecule has 2 N–H and O–H groups in total. The molecular formula is C13H13ClN2OS. The Kier molecular flexibility index (Phi) is 3.01. The lowest BCUT2D eigenvalue weighted by molar-refractivity contribution is 0.158. The lowest BCUT2D eigenvalue weighted by Gasteiger charge is -2.29. The van der Waals surface area contributed by atoms with Crippen molar-refractivity contribution in [3.05, 3.63) is 44.9 Å². The van der Waals surface area contributed by atoms with Gasteiger partial charge in [-0.05, 0) is 25.1 Å². The Balaban J connectivity index is 1.94. The summed E-state index contributed by atoms with van der Waals surface area (Å²) in [7, 11) is 0. The van der Waals surface area contributed by atoms with Crippen LogP contribution >= 0.6 is 22.9 Å². The molecule has 2 heterocycles. The number of nitrogens with two attached hydrogens (primary N) is 1. The van der Waals surface area contributed by atoms with Crippen molar-refractivity contribution in [1.29, 1.82) is 0 Å². The molecule has 0 aliphatic carbocycles. The second kappa shape index (κ2) is 4.53. The third kappa shape index (κ3) is 2.11. The number of nitrogens with zero attached hydrogens (tertiary/aromatic N) is 1. The van der Waals surface area contributed by atoms with E-state index in [1.54, 1.807) is 11.3 Å². The molecule has 1 unspecified atom stereocenters. The third-order valence-electron chi connectivity index (χ3n) is 3.08. The molecule has 3 rings (SSSR count). The van der Waals surface area contributed by atoms with Gasteiger partial charge in [0.25, 0.3) is 0 Å². The van der Waals surface area contributed by atoms with Crippen LogP contribution in [0.2, 0.25) is 5.02 Å². The normalized spacial score (nSPS) is 22.4. The molecule has 0 amide bonds. The molecule has 1 aliphatic rings. The minimum Gasteiger partial charge on any atom is -0.484 e. The average Bonchev–Trinajstić information content (AvgIpc) is 2.77. The molecule has 1 aliphatic heterocycles. The first-order chi connectivity index (χ1) is 8.63. The van der Waals surface area contributed by atoms with Crippen LogP contribution in [-0.2, 0) is 0 Å². The van der Waals surface area contributed by atoms with Gasteiger partial charge in [0.1, 0.15) is 11.9 Å². The van der Waals surface area contributed by atoms with Gasteiger partial charge in [-0.15, -0.1) is 11.3 Å². The van der Waals surface area contributed by atoms with Crippen molar-refractivity contribution in [2.24, 2.45) is 5.73 Å². The van der Waals surface area contributed by atoms with Crippen LogP contribution in [0.1, 0.15) is 34.8 Å². The van der Waals surface area contributed by atoms with Gasteiger partial charge in [0.2, 0.25) is 0 Å². The predicted octanol–water partition coefficient (Wildman–Crippen LogP) is 3.63. The summed E-state index contributed by atoms with van der Waals surface area (Å²) in [6.45, 7) is 1.99. The number of benzene rings is 1. The monoisotopic (exact) mass is 280 g/mol. The zero-order valence-corrected chi connectivity index (χ0v) is 11.5. The van der Waals surface area contributed by atoms with Crippen LogP contribution in [-0.4, -0.2) is 4.98 Å². The second-order valence-electron chi connectivity index (χ2n) is 4.42. The van der Waals surface area contributed by atoms with Gasteiger partial charge in [-0.25, -0.2) is 4.98 Å². The van der Waals surface area contributed by atoms with Gasteiger partial charge in [0, 0.05) is 28.4 Å². The van der Waals surface area contributed by atoms with E-state index in [0.717, 1.165) is 28.4 Å². The summed E-state index contributed by atoms with van der Waals surface area (Å²) in [5.41, 5.74) is 8.13. The number of rotatable bonds is 1. The van der Waals surface area contributed by atoms with E-state index in [9.17, 15) is 0 Å². The summed E-state index contributed by atoms with van der Waals surface area (Å²) >= 11 is 7.61. The summed E-state index contributed by atoms with van der Waals surface area (Å²) < 4.78 is 5.96. The Morgan fingerprint density at radius 2 is 2.33 bits per heavy atom. The zero-order valence-electron chi connectivity index (χ0n) is 9.89. The molecule has 1 aromatic carbocycles. The minimum atomic E-state index is -0.0568. The number of thiazole rings is 1. The SMILES string of the molecule is Cc1nc(C2C[C@H](N)c3cc(Cl)ccc3O2)cs1. The Bertz CT molecular complexity index is 584. The largest absolute Gasteiger partial charge is 0.484 e. The number of hydrogen-bond acceptors (Lipinski definition) is 4. The predicted molar refractivity (Wildman–Crippen MR) is 73.2 cm³/mol. The summed E-state index contributed by atoms with van der Waals surface area (Å²) in [5.74, 6) is 0.814. The van der Waals surface area contributed by atoms with E-state index in [1.807, 2.05) is 30.5 Å². The van der Waals surface area contributed by atoms with Gasteiger partial charge in [0.15, 0.2) is 0 Å². The molecule has 0 spiro atoms. The lowest BCUT2D eigenvalue weighted by atomic mass is 9.96. The highest BCUT2D eigenvalue weighted by Gasteiger charge is 2.28. The third-order valence-corrected chi connectivity index (χ3v) is 4.10. The number of fused-ring (bicyclic) bond motifs is 1. The quantitative estimate of drug-likeness (QED) is 0.868. The van der Waals surface area contributed by atoms with Gasteiger partial charge in [-0.2, -0.15) is 0 Å². The van der Waals surface area contributed by atoms with E-state index in [2.05, 4.69) is 4.98 Å². The number of hydrogen-bond donors (Lipinski definition) is 1. The number of halogens is 1. The summed E-state index contributed by atoms with van der Waals surface area (Å²) in [6, 6.07) is 5.52. The van der Waals surface area contributed by atoms with E-state index < -0.39 is 0 Å². The van der Waals surface area contributed by atoms with E-state index in [4.69, 9.17) is 22.1 Å². The molecule has 0 fully saturated rings. The highest BCUT2D eigenvalue weighted by Crippen LogP contribution is 2.40. The fourth-order valence-electron chi connectivity index (χ4n) is 2.18. The lowest BCUT2D eigenvalue weighted by Crippen LogP contribution is -2.24. The summed E-state index contributed by atoms with van der Waals surface area (Å²) in [4.78, 5) is 4.47. The van der Waals surface area contributed by atoms with Crippen LogP contribution < -0.4 is 10.5 Å². The van der Waals surface area contributed by atoms with Crippen molar-refractivity contribution in [2.75, 3.05) is 0 Å². The van der Waals surface area contributed by atoms with Crippen LogP contribution in [0.5, 0.6) is 5.75 Å². The number of ether oxygens (including phenoxy) is 1. The minimum absolute atomic E-state index is 0.0561. The molecule has 0 radical (unpaired) electrons. The fourth-order valence-corrected chi connectivity index (χ4v) is 3.02. The van der Waals surface area contributed by atoms with Crippen molar-refractivity contribution in [1.82, 2.24) is 4.98 Å². The Morgan fingerprint density at radius 1 is 1.50 bits per heavy atom. The van der Waals surface area contributed by atoms with E-state index in [1.165, 1.54) is 0 Å². The summed E-state index contributed by atoms with van der Waals surface area (Å²) in [6.07, 6.45) is 0.676. The van der Waals surface area contributed by atoms with Crippen molar-refractivity contribution in [3.8, 4) is 5.75 Å². The average molecular weight is 281 g/mol. The molecule has 2 aromatic rings. The molecule has 3 nitrogen and oxygen atoms in total. The Hall–Kier alpha value is -1.10. The Labute approximate surface area is 115 Å². The summed E-state index contributed by atoms with van der Waals surface area (Å²) in [5, 5.41) is 3.77.